The highest BCUT2D eigenvalue weighted by molar-refractivity contribution is 6.05. The van der Waals surface area contributed by atoms with E-state index in [0.717, 1.165) is 0 Å². The van der Waals surface area contributed by atoms with Gasteiger partial charge in [-0.05, 0) is 52.2 Å². The predicted octanol–water partition coefficient (Wildman–Crippen LogP) is 3.77. The zero-order chi connectivity index (χ0) is 23.6. The van der Waals surface area contributed by atoms with E-state index in [9.17, 15) is 24.5 Å². The Morgan fingerprint density at radius 1 is 1.19 bits per heavy atom. The minimum Gasteiger partial charge on any atom is -0.454 e. The first-order valence-electron chi connectivity index (χ1n) is 10.5. The lowest BCUT2D eigenvalue weighted by atomic mass is 9.96. The van der Waals surface area contributed by atoms with Gasteiger partial charge >= 0.3 is 5.97 Å². The van der Waals surface area contributed by atoms with Gasteiger partial charge in [0, 0.05) is 30.4 Å². The number of ether oxygens (including phenoxy) is 1. The molecule has 1 aliphatic heterocycles. The van der Waals surface area contributed by atoms with Crippen LogP contribution in [0, 0.1) is 29.9 Å². The van der Waals surface area contributed by atoms with Gasteiger partial charge in [-0.2, -0.15) is 0 Å². The number of nitrogens with one attached hydrogen (secondary N) is 1. The Labute approximate surface area is 185 Å². The summed E-state index contributed by atoms with van der Waals surface area (Å²) in [5.74, 6) is -1.36. The number of ketones is 2. The van der Waals surface area contributed by atoms with Crippen LogP contribution in [-0.2, 0) is 9.53 Å². The zero-order valence-corrected chi connectivity index (χ0v) is 18.6. The Morgan fingerprint density at radius 2 is 1.81 bits per heavy atom. The number of hydrogen-bond donors (Lipinski definition) is 1. The molecule has 1 saturated heterocycles. The fourth-order valence-corrected chi connectivity index (χ4v) is 4.29. The topological polar surface area (TPSA) is 123 Å². The molecule has 2 heterocycles. The fraction of sp³-hybridized carbons (Fsp3) is 0.435. The molecule has 1 aromatic heterocycles. The largest absolute Gasteiger partial charge is 0.454 e. The molecule has 0 aliphatic carbocycles. The van der Waals surface area contributed by atoms with E-state index in [1.54, 1.807) is 32.0 Å². The summed E-state index contributed by atoms with van der Waals surface area (Å²) in [7, 11) is 0. The van der Waals surface area contributed by atoms with Gasteiger partial charge in [-0.1, -0.05) is 12.1 Å². The number of anilines is 1. The van der Waals surface area contributed by atoms with Crippen LogP contribution in [0.1, 0.15) is 58.8 Å². The molecule has 3 rings (SSSR count). The van der Waals surface area contributed by atoms with Crippen molar-refractivity contribution in [3.8, 4) is 0 Å². The standard InChI is InChI=1S/C23H27N3O6/c1-13-20(15(3)27)14(2)24-21(13)22(28)16(4)32-23(29)17-9-11-25(12-10-17)18-7-5-6-8-19(18)26(30)31/h5-8,16-17,24H,9-12H2,1-4H3. The molecular formula is C23H27N3O6. The van der Waals surface area contributed by atoms with Crippen molar-refractivity contribution in [2.45, 2.75) is 46.6 Å². The predicted molar refractivity (Wildman–Crippen MR) is 118 cm³/mol. The number of esters is 1. The average Bonchev–Trinajstić information content (AvgIpc) is 3.07. The van der Waals surface area contributed by atoms with E-state index in [2.05, 4.69) is 4.98 Å². The van der Waals surface area contributed by atoms with Crippen LogP contribution in [0.4, 0.5) is 11.4 Å². The molecule has 32 heavy (non-hydrogen) atoms. The van der Waals surface area contributed by atoms with Crippen molar-refractivity contribution in [2.75, 3.05) is 18.0 Å². The van der Waals surface area contributed by atoms with E-state index >= 15 is 0 Å². The highest BCUT2D eigenvalue weighted by Crippen LogP contribution is 2.31. The summed E-state index contributed by atoms with van der Waals surface area (Å²) < 4.78 is 5.45. The van der Waals surface area contributed by atoms with Crippen LogP contribution in [0.3, 0.4) is 0 Å². The quantitative estimate of drug-likeness (QED) is 0.300. The van der Waals surface area contributed by atoms with E-state index < -0.39 is 17.0 Å². The lowest BCUT2D eigenvalue weighted by Gasteiger charge is -2.32. The van der Waals surface area contributed by atoms with Gasteiger partial charge in [-0.15, -0.1) is 0 Å². The van der Waals surface area contributed by atoms with Gasteiger partial charge in [0.15, 0.2) is 11.9 Å². The summed E-state index contributed by atoms with van der Waals surface area (Å²) in [5.41, 5.74) is 2.49. The summed E-state index contributed by atoms with van der Waals surface area (Å²) in [6.07, 6.45) is -0.0470. The van der Waals surface area contributed by atoms with E-state index in [1.165, 1.54) is 19.9 Å². The molecule has 170 valence electrons. The second-order valence-corrected chi connectivity index (χ2v) is 8.13. The minimum absolute atomic E-state index is 0.0364. The van der Waals surface area contributed by atoms with E-state index in [1.807, 2.05) is 4.90 Å². The van der Waals surface area contributed by atoms with Gasteiger partial charge in [0.1, 0.15) is 5.69 Å². The second kappa shape index (κ2) is 9.33. The van der Waals surface area contributed by atoms with E-state index in [4.69, 9.17) is 4.74 Å². The molecule has 1 aliphatic rings. The highest BCUT2D eigenvalue weighted by Gasteiger charge is 2.32. The van der Waals surface area contributed by atoms with E-state index in [0.29, 0.717) is 48.4 Å². The number of hydrogen-bond acceptors (Lipinski definition) is 7. The van der Waals surface area contributed by atoms with Crippen molar-refractivity contribution in [1.82, 2.24) is 4.98 Å². The number of H-pyrrole nitrogens is 1. The lowest BCUT2D eigenvalue weighted by molar-refractivity contribution is -0.384. The number of carbonyl (C=O) groups excluding carboxylic acids is 3. The van der Waals surface area contributed by atoms with Crippen LogP contribution in [0.2, 0.25) is 0 Å². The van der Waals surface area contributed by atoms with Crippen molar-refractivity contribution >= 4 is 28.9 Å². The van der Waals surface area contributed by atoms with Gasteiger partial charge in [-0.3, -0.25) is 24.5 Å². The number of nitro groups is 1. The number of para-hydroxylation sites is 2. The first-order chi connectivity index (χ1) is 15.1. The number of nitro benzene ring substituents is 1. The Balaban J connectivity index is 1.62. The van der Waals surface area contributed by atoms with Crippen molar-refractivity contribution in [3.05, 3.63) is 56.9 Å². The Morgan fingerprint density at radius 3 is 2.38 bits per heavy atom. The smallest absolute Gasteiger partial charge is 0.309 e. The lowest BCUT2D eigenvalue weighted by Crippen LogP contribution is -2.38. The number of aryl methyl sites for hydroxylation is 1. The summed E-state index contributed by atoms with van der Waals surface area (Å²) in [5, 5.41) is 11.3. The zero-order valence-electron chi connectivity index (χ0n) is 18.6. The van der Waals surface area contributed by atoms with Gasteiger partial charge in [0.2, 0.25) is 5.78 Å². The summed E-state index contributed by atoms with van der Waals surface area (Å²) in [4.78, 5) is 53.0. The highest BCUT2D eigenvalue weighted by atomic mass is 16.6. The molecule has 1 aromatic carbocycles. The van der Waals surface area contributed by atoms with Crippen molar-refractivity contribution in [2.24, 2.45) is 5.92 Å². The minimum atomic E-state index is -0.993. The van der Waals surface area contributed by atoms with Crippen LogP contribution in [0.25, 0.3) is 0 Å². The van der Waals surface area contributed by atoms with Gasteiger partial charge in [-0.25, -0.2) is 0 Å². The molecule has 2 aromatic rings. The molecule has 0 saturated carbocycles. The maximum absolute atomic E-state index is 12.8. The first-order valence-corrected chi connectivity index (χ1v) is 10.5. The number of nitrogens with zero attached hydrogens (tertiary/aromatic N) is 2. The maximum atomic E-state index is 12.8. The summed E-state index contributed by atoms with van der Waals surface area (Å²) in [6, 6.07) is 6.53. The third kappa shape index (κ3) is 4.56. The molecule has 1 unspecified atom stereocenters. The number of benzene rings is 1. The van der Waals surface area contributed by atoms with Crippen molar-refractivity contribution in [1.29, 1.82) is 0 Å². The van der Waals surface area contributed by atoms with Crippen LogP contribution in [-0.4, -0.2) is 46.6 Å². The van der Waals surface area contributed by atoms with Crippen LogP contribution in [0.15, 0.2) is 24.3 Å². The van der Waals surface area contributed by atoms with Crippen LogP contribution >= 0.6 is 0 Å². The van der Waals surface area contributed by atoms with Crippen molar-refractivity contribution in [3.63, 3.8) is 0 Å². The number of aromatic amines is 1. The number of aromatic nitrogens is 1. The van der Waals surface area contributed by atoms with Crippen molar-refractivity contribution < 1.29 is 24.0 Å². The van der Waals surface area contributed by atoms with E-state index in [-0.39, 0.29) is 28.9 Å². The summed E-state index contributed by atoms with van der Waals surface area (Å²) >= 11 is 0. The molecule has 0 amide bonds. The number of piperidine rings is 1. The molecule has 9 nitrogen and oxygen atoms in total. The normalized spacial score (nSPS) is 15.3. The molecule has 0 spiro atoms. The van der Waals surface area contributed by atoms with Gasteiger partial charge in [0.25, 0.3) is 5.69 Å². The first kappa shape index (κ1) is 23.2. The maximum Gasteiger partial charge on any atom is 0.309 e. The van der Waals surface area contributed by atoms with Crippen LogP contribution < -0.4 is 4.90 Å². The fourth-order valence-electron chi connectivity index (χ4n) is 4.29. The molecule has 0 radical (unpaired) electrons. The third-order valence-corrected chi connectivity index (χ3v) is 5.95. The third-order valence-electron chi connectivity index (χ3n) is 5.95. The number of rotatable bonds is 7. The molecule has 9 heteroatoms. The molecular weight excluding hydrogens is 414 g/mol. The Hall–Kier alpha value is -3.49. The number of Topliss-reactive ketones (excluding diaryl/α,β-unsaturated/α-hetero) is 2. The molecule has 0 bridgehead atoms. The number of carbonyl (C=O) groups is 3. The molecule has 1 N–H and O–H groups in total. The monoisotopic (exact) mass is 441 g/mol. The Bertz CT molecular complexity index is 1070. The van der Waals surface area contributed by atoms with Crippen LogP contribution in [0.5, 0.6) is 0 Å². The molecule has 1 fully saturated rings. The summed E-state index contributed by atoms with van der Waals surface area (Å²) in [6.45, 7) is 7.33. The SMILES string of the molecule is CC(=O)c1c(C)[nH]c(C(=O)C(C)OC(=O)C2CCN(c3ccccc3[N+](=O)[O-])CC2)c1C. The second-order valence-electron chi connectivity index (χ2n) is 8.13. The van der Waals surface area contributed by atoms with Gasteiger partial charge < -0.3 is 14.6 Å². The molecule has 1 atom stereocenters. The average molecular weight is 441 g/mol. The Kier molecular flexibility index (Phi) is 6.76. The van der Waals surface area contributed by atoms with Gasteiger partial charge in [0.05, 0.1) is 16.5 Å².